The quantitative estimate of drug-likeness (QED) is 0.119. The van der Waals surface area contributed by atoms with E-state index in [-0.39, 0.29) is 0 Å². The summed E-state index contributed by atoms with van der Waals surface area (Å²) in [7, 11) is -15.4. The molecule has 1 aliphatic heterocycles. The second-order valence-electron chi connectivity index (χ2n) is 5.03. The summed E-state index contributed by atoms with van der Waals surface area (Å²) in [4.78, 5) is 52.7. The first-order valence-electron chi connectivity index (χ1n) is 6.87. The number of hydrogen-bond donors (Lipinski definition) is 8. The molecule has 0 radical (unpaired) electrons. The minimum Gasteiger partial charge on any atom is -0.394 e. The van der Waals surface area contributed by atoms with Crippen molar-refractivity contribution in [2.75, 3.05) is 19.8 Å². The van der Waals surface area contributed by atoms with Crippen LogP contribution in [0.25, 0.3) is 0 Å². The van der Waals surface area contributed by atoms with Crippen molar-refractivity contribution in [2.45, 2.75) is 30.7 Å². The lowest BCUT2D eigenvalue weighted by Crippen LogP contribution is -2.60. The Kier molecular flexibility index (Phi) is 9.13. The van der Waals surface area contributed by atoms with Crippen molar-refractivity contribution in [1.29, 1.82) is 0 Å². The molecule has 0 amide bonds. The lowest BCUT2D eigenvalue weighted by Gasteiger charge is -2.43. The van der Waals surface area contributed by atoms with E-state index in [1.165, 1.54) is 0 Å². The molecule has 1 rings (SSSR count). The summed E-state index contributed by atoms with van der Waals surface area (Å²) in [6.45, 7) is -2.25. The molecule has 0 aromatic heterocycles. The van der Waals surface area contributed by atoms with Crippen LogP contribution >= 0.6 is 23.5 Å². The van der Waals surface area contributed by atoms with Gasteiger partial charge in [-0.25, -0.2) is 13.7 Å². The van der Waals surface area contributed by atoms with Crippen molar-refractivity contribution in [3.05, 3.63) is 0 Å². The first kappa shape index (κ1) is 25.2. The lowest BCUT2D eigenvalue weighted by molar-refractivity contribution is -0.296. The molecule has 0 spiro atoms. The number of hydrogen-bond acceptors (Lipinski definition) is 10. The van der Waals surface area contributed by atoms with Gasteiger partial charge in [0, 0.05) is 0 Å². The fraction of sp³-hybridized carbons (Fsp3) is 1.00. The number of phosphoric ester groups is 3. The minimum absolute atomic E-state index is 0.586. The summed E-state index contributed by atoms with van der Waals surface area (Å²) in [5.41, 5.74) is 0. The van der Waals surface area contributed by atoms with E-state index >= 15 is 0 Å². The summed E-state index contributed by atoms with van der Waals surface area (Å²) >= 11 is 0. The average molecular weight is 464 g/mol. The van der Waals surface area contributed by atoms with Crippen LogP contribution in [0, 0.1) is 0 Å². The molecule has 1 aliphatic rings. The Bertz CT molecular complexity index is 607. The van der Waals surface area contributed by atoms with Crippen LogP contribution in [0.5, 0.6) is 0 Å². The monoisotopic (exact) mass is 464 g/mol. The molecule has 1 heterocycles. The van der Waals surface area contributed by atoms with Crippen LogP contribution in [0.1, 0.15) is 0 Å². The average Bonchev–Trinajstić information content (AvgIpc) is 2.45. The first-order chi connectivity index (χ1) is 12.1. The summed E-state index contributed by atoms with van der Waals surface area (Å²) < 4.78 is 55.3. The molecular weight excluding hydrogens is 445 g/mol. The maximum atomic E-state index is 11.1. The SMILES string of the molecule is O=P(O)(O)OCCOC1OC(CO)C(OP(=O)(O)O)C(OP(=O)(O)O)C1O. The first-order valence-corrected chi connectivity index (χ1v) is 11.5. The van der Waals surface area contributed by atoms with Crippen molar-refractivity contribution in [2.24, 2.45) is 0 Å². The van der Waals surface area contributed by atoms with E-state index in [4.69, 9.17) is 38.8 Å². The van der Waals surface area contributed by atoms with Crippen molar-refractivity contribution >= 4 is 23.5 Å². The topological polar surface area (TPSA) is 259 Å². The second kappa shape index (κ2) is 9.78. The maximum absolute atomic E-state index is 11.1. The molecule has 0 aliphatic carbocycles. The van der Waals surface area contributed by atoms with Crippen LogP contribution in [-0.4, -0.2) is 90.1 Å². The highest BCUT2D eigenvalue weighted by Crippen LogP contribution is 2.46. The Morgan fingerprint density at radius 2 is 1.33 bits per heavy atom. The van der Waals surface area contributed by atoms with Crippen molar-refractivity contribution in [3.63, 3.8) is 0 Å². The third-order valence-electron chi connectivity index (χ3n) is 2.94. The van der Waals surface area contributed by atoms with Crippen LogP contribution in [0.3, 0.4) is 0 Å². The second-order valence-corrected chi connectivity index (χ2v) is 8.66. The molecular formula is C8H19O16P3. The van der Waals surface area contributed by atoms with E-state index in [0.717, 1.165) is 0 Å². The zero-order valence-corrected chi connectivity index (χ0v) is 15.9. The fourth-order valence-electron chi connectivity index (χ4n) is 2.06. The third-order valence-corrected chi connectivity index (χ3v) is 4.49. The normalized spacial score (nSPS) is 30.4. The number of aliphatic hydroxyl groups excluding tert-OH is 2. The standard InChI is InChI=1S/C8H19O16P3/c9-3-4-6(23-26(14,15)16)7(24-27(17,18)19)5(10)8(22-4)20-1-2-21-25(11,12)13/h4-10H,1-3H2,(H2,11,12,13)(H2,14,15,16)(H2,17,18,19). The van der Waals surface area contributed by atoms with Gasteiger partial charge in [0.25, 0.3) is 0 Å². The van der Waals surface area contributed by atoms with Gasteiger partial charge in [0.2, 0.25) is 0 Å². The molecule has 5 atom stereocenters. The number of aliphatic hydroxyl groups is 2. The van der Waals surface area contributed by atoms with Crippen LogP contribution in [-0.2, 0) is 36.7 Å². The molecule has 27 heavy (non-hydrogen) atoms. The highest BCUT2D eigenvalue weighted by atomic mass is 31.2. The Labute approximate surface area is 151 Å². The minimum atomic E-state index is -5.31. The summed E-state index contributed by atoms with van der Waals surface area (Å²) in [6.07, 6.45) is -9.66. The van der Waals surface area contributed by atoms with Gasteiger partial charge in [-0.1, -0.05) is 0 Å². The molecule has 0 aromatic rings. The summed E-state index contributed by atoms with van der Waals surface area (Å²) in [5.74, 6) is 0. The van der Waals surface area contributed by atoms with Gasteiger partial charge in [-0.15, -0.1) is 0 Å². The van der Waals surface area contributed by atoms with Crippen LogP contribution in [0.2, 0.25) is 0 Å². The predicted molar refractivity (Wildman–Crippen MR) is 79.5 cm³/mol. The van der Waals surface area contributed by atoms with Gasteiger partial charge in [0.1, 0.15) is 24.4 Å². The summed E-state index contributed by atoms with van der Waals surface area (Å²) in [5, 5.41) is 19.4. The van der Waals surface area contributed by atoms with Gasteiger partial charge in [-0.05, 0) is 0 Å². The van der Waals surface area contributed by atoms with Gasteiger partial charge in [-0.3, -0.25) is 13.6 Å². The van der Waals surface area contributed by atoms with Crippen molar-refractivity contribution in [1.82, 2.24) is 0 Å². The van der Waals surface area contributed by atoms with Crippen LogP contribution in [0.15, 0.2) is 0 Å². The predicted octanol–water partition coefficient (Wildman–Crippen LogP) is -2.85. The molecule has 19 heteroatoms. The lowest BCUT2D eigenvalue weighted by atomic mass is 9.99. The highest BCUT2D eigenvalue weighted by molar-refractivity contribution is 7.46. The molecule has 8 N–H and O–H groups in total. The van der Waals surface area contributed by atoms with Gasteiger partial charge < -0.3 is 49.0 Å². The van der Waals surface area contributed by atoms with Crippen LogP contribution in [0.4, 0.5) is 0 Å². The van der Waals surface area contributed by atoms with Crippen LogP contribution < -0.4 is 0 Å². The Balaban J connectivity index is 2.93. The maximum Gasteiger partial charge on any atom is 0.470 e. The van der Waals surface area contributed by atoms with E-state index < -0.39 is 74.0 Å². The molecule has 5 unspecified atom stereocenters. The zero-order valence-electron chi connectivity index (χ0n) is 13.2. The van der Waals surface area contributed by atoms with E-state index in [0.29, 0.717) is 0 Å². The largest absolute Gasteiger partial charge is 0.470 e. The number of phosphoric acid groups is 3. The third kappa shape index (κ3) is 9.47. The highest BCUT2D eigenvalue weighted by Gasteiger charge is 2.51. The smallest absolute Gasteiger partial charge is 0.394 e. The molecule has 0 bridgehead atoms. The van der Waals surface area contributed by atoms with Crippen molar-refractivity contribution < 1.29 is 76.3 Å². The van der Waals surface area contributed by atoms with Gasteiger partial charge >= 0.3 is 23.5 Å². The molecule has 16 nitrogen and oxygen atoms in total. The van der Waals surface area contributed by atoms with Gasteiger partial charge in [-0.2, -0.15) is 0 Å². The molecule has 162 valence electrons. The molecule has 1 saturated heterocycles. The van der Waals surface area contributed by atoms with E-state index in [9.17, 15) is 23.9 Å². The van der Waals surface area contributed by atoms with E-state index in [1.807, 2.05) is 0 Å². The Morgan fingerprint density at radius 1 is 0.815 bits per heavy atom. The van der Waals surface area contributed by atoms with Crippen molar-refractivity contribution in [3.8, 4) is 0 Å². The van der Waals surface area contributed by atoms with Gasteiger partial charge in [0.15, 0.2) is 6.29 Å². The number of ether oxygens (including phenoxy) is 2. The molecule has 0 aromatic carbocycles. The molecule has 0 saturated carbocycles. The molecule has 1 fully saturated rings. The Hall–Kier alpha value is 0.170. The Morgan fingerprint density at radius 3 is 1.78 bits per heavy atom. The number of rotatable bonds is 10. The van der Waals surface area contributed by atoms with E-state index in [1.54, 1.807) is 0 Å². The summed E-state index contributed by atoms with van der Waals surface area (Å²) in [6, 6.07) is 0. The zero-order chi connectivity index (χ0) is 21.0. The fourth-order valence-corrected chi connectivity index (χ4v) is 3.51. The van der Waals surface area contributed by atoms with E-state index in [2.05, 4.69) is 13.6 Å². The van der Waals surface area contributed by atoms with Gasteiger partial charge in [0.05, 0.1) is 19.8 Å².